The third-order valence-corrected chi connectivity index (χ3v) is 5.97. The summed E-state index contributed by atoms with van der Waals surface area (Å²) in [5, 5.41) is 4.44. The zero-order valence-corrected chi connectivity index (χ0v) is 14.7. The van der Waals surface area contributed by atoms with Crippen LogP contribution in [0.5, 0.6) is 0 Å². The predicted molar refractivity (Wildman–Crippen MR) is 91.2 cm³/mol. The number of sulfonamides is 1. The van der Waals surface area contributed by atoms with Gasteiger partial charge in [0, 0.05) is 6.20 Å². The highest BCUT2D eigenvalue weighted by Crippen LogP contribution is 2.30. The van der Waals surface area contributed by atoms with Crippen LogP contribution < -0.4 is 4.72 Å². The summed E-state index contributed by atoms with van der Waals surface area (Å²) in [5.74, 6) is 0. The Morgan fingerprint density at radius 1 is 1.17 bits per heavy atom. The fourth-order valence-corrected chi connectivity index (χ4v) is 4.43. The monoisotopic (exact) mass is 333 g/mol. The van der Waals surface area contributed by atoms with Crippen molar-refractivity contribution in [3.8, 4) is 0 Å². The molecule has 1 aromatic carbocycles. The summed E-state index contributed by atoms with van der Waals surface area (Å²) < 4.78 is 30.0. The van der Waals surface area contributed by atoms with Crippen molar-refractivity contribution in [1.29, 1.82) is 0 Å². The lowest BCUT2D eigenvalue weighted by atomic mass is 10.1. The maximum absolute atomic E-state index is 12.7. The maximum Gasteiger partial charge on any atom is 0.265 e. The second-order valence-electron chi connectivity index (χ2n) is 6.42. The van der Waals surface area contributed by atoms with Crippen LogP contribution in [0.3, 0.4) is 0 Å². The zero-order chi connectivity index (χ0) is 16.6. The number of benzene rings is 1. The summed E-state index contributed by atoms with van der Waals surface area (Å²) in [6, 6.07) is 6.07. The summed E-state index contributed by atoms with van der Waals surface area (Å²) in [6.07, 6.45) is 6.20. The topological polar surface area (TPSA) is 64.0 Å². The molecular formula is C17H23N3O2S. The summed E-state index contributed by atoms with van der Waals surface area (Å²) in [7, 11) is -3.63. The van der Waals surface area contributed by atoms with Gasteiger partial charge >= 0.3 is 0 Å². The first-order valence-corrected chi connectivity index (χ1v) is 9.51. The van der Waals surface area contributed by atoms with Gasteiger partial charge in [-0.15, -0.1) is 0 Å². The number of hydrogen-bond acceptors (Lipinski definition) is 3. The highest BCUT2D eigenvalue weighted by atomic mass is 32.2. The first-order valence-electron chi connectivity index (χ1n) is 8.02. The molecule has 5 nitrogen and oxygen atoms in total. The fourth-order valence-electron chi connectivity index (χ4n) is 3.13. The van der Waals surface area contributed by atoms with Gasteiger partial charge in [0.2, 0.25) is 0 Å². The van der Waals surface area contributed by atoms with E-state index >= 15 is 0 Å². The van der Waals surface area contributed by atoms with Crippen molar-refractivity contribution < 1.29 is 8.42 Å². The molecule has 0 aliphatic heterocycles. The van der Waals surface area contributed by atoms with Crippen LogP contribution in [-0.4, -0.2) is 18.2 Å². The summed E-state index contributed by atoms with van der Waals surface area (Å²) in [6.45, 7) is 5.59. The van der Waals surface area contributed by atoms with Crippen molar-refractivity contribution in [2.45, 2.75) is 57.4 Å². The van der Waals surface area contributed by atoms with Crippen molar-refractivity contribution in [1.82, 2.24) is 9.78 Å². The van der Waals surface area contributed by atoms with Gasteiger partial charge in [-0.05, 0) is 50.8 Å². The number of aromatic nitrogens is 2. The molecule has 124 valence electrons. The summed E-state index contributed by atoms with van der Waals surface area (Å²) in [4.78, 5) is 0.269. The predicted octanol–water partition coefficient (Wildman–Crippen LogP) is 3.72. The lowest BCUT2D eigenvalue weighted by Crippen LogP contribution is -2.14. The van der Waals surface area contributed by atoms with E-state index in [9.17, 15) is 8.42 Å². The highest BCUT2D eigenvalue weighted by Gasteiger charge is 2.25. The lowest BCUT2D eigenvalue weighted by molar-refractivity contribution is 0.464. The second kappa shape index (κ2) is 6.00. The van der Waals surface area contributed by atoms with Gasteiger partial charge < -0.3 is 0 Å². The Hall–Kier alpha value is -1.82. The van der Waals surface area contributed by atoms with E-state index in [1.54, 1.807) is 13.1 Å². The Labute approximate surface area is 137 Å². The quantitative estimate of drug-likeness (QED) is 0.927. The number of nitrogens with zero attached hydrogens (tertiary/aromatic N) is 2. The molecule has 1 N–H and O–H groups in total. The van der Waals surface area contributed by atoms with E-state index in [0.717, 1.165) is 24.0 Å². The molecule has 0 unspecified atom stereocenters. The van der Waals surface area contributed by atoms with Crippen LogP contribution in [0.4, 0.5) is 5.69 Å². The summed E-state index contributed by atoms with van der Waals surface area (Å²) >= 11 is 0. The molecule has 0 bridgehead atoms. The Bertz CT molecular complexity index is 818. The van der Waals surface area contributed by atoms with Crippen molar-refractivity contribution in [3.63, 3.8) is 0 Å². The van der Waals surface area contributed by atoms with E-state index in [1.165, 1.54) is 12.8 Å². The zero-order valence-electron chi connectivity index (χ0n) is 13.8. The van der Waals surface area contributed by atoms with Gasteiger partial charge in [0.1, 0.15) is 4.90 Å². The smallest absolute Gasteiger partial charge is 0.265 e. The normalized spacial score (nSPS) is 16.0. The maximum atomic E-state index is 12.7. The lowest BCUT2D eigenvalue weighted by Gasteiger charge is -2.11. The van der Waals surface area contributed by atoms with Crippen LogP contribution in [0.25, 0.3) is 0 Å². The molecule has 3 rings (SSSR count). The molecule has 2 aromatic rings. The van der Waals surface area contributed by atoms with E-state index in [1.807, 2.05) is 36.7 Å². The van der Waals surface area contributed by atoms with Crippen LogP contribution in [0.15, 0.2) is 29.3 Å². The Kier molecular flexibility index (Phi) is 4.19. The third kappa shape index (κ3) is 3.27. The molecule has 1 aliphatic carbocycles. The SMILES string of the molecule is Cc1ccc(C)c(NS(=O)(=O)c2cn(C3CCCC3)nc2C)c1. The molecule has 0 atom stereocenters. The number of rotatable bonds is 4. The minimum Gasteiger partial charge on any atom is -0.279 e. The van der Waals surface area contributed by atoms with E-state index in [4.69, 9.17) is 0 Å². The Morgan fingerprint density at radius 2 is 1.87 bits per heavy atom. The minimum atomic E-state index is -3.63. The first kappa shape index (κ1) is 16.1. The average Bonchev–Trinajstić information content (AvgIpc) is 3.11. The number of nitrogens with one attached hydrogen (secondary N) is 1. The van der Waals surface area contributed by atoms with E-state index in [0.29, 0.717) is 17.4 Å². The van der Waals surface area contributed by atoms with Crippen LogP contribution in [0.1, 0.15) is 48.5 Å². The van der Waals surface area contributed by atoms with Crippen molar-refractivity contribution in [3.05, 3.63) is 41.2 Å². The van der Waals surface area contributed by atoms with Gasteiger partial charge in [0.05, 0.1) is 17.4 Å². The molecule has 0 radical (unpaired) electrons. The Morgan fingerprint density at radius 3 is 2.57 bits per heavy atom. The van der Waals surface area contributed by atoms with Crippen molar-refractivity contribution >= 4 is 15.7 Å². The highest BCUT2D eigenvalue weighted by molar-refractivity contribution is 7.92. The van der Waals surface area contributed by atoms with Gasteiger partial charge in [-0.25, -0.2) is 8.42 Å². The molecule has 6 heteroatoms. The van der Waals surface area contributed by atoms with Crippen LogP contribution in [0, 0.1) is 20.8 Å². The van der Waals surface area contributed by atoms with E-state index < -0.39 is 10.0 Å². The van der Waals surface area contributed by atoms with E-state index in [2.05, 4.69) is 9.82 Å². The van der Waals surface area contributed by atoms with Gasteiger partial charge in [-0.3, -0.25) is 9.40 Å². The van der Waals surface area contributed by atoms with Gasteiger partial charge in [-0.1, -0.05) is 25.0 Å². The molecule has 0 spiro atoms. The molecule has 1 aliphatic rings. The summed E-state index contributed by atoms with van der Waals surface area (Å²) in [5.41, 5.74) is 3.10. The second-order valence-corrected chi connectivity index (χ2v) is 8.07. The molecule has 0 amide bonds. The molecule has 1 saturated carbocycles. The molecule has 1 fully saturated rings. The molecular weight excluding hydrogens is 310 g/mol. The Balaban J connectivity index is 1.91. The molecule has 23 heavy (non-hydrogen) atoms. The van der Waals surface area contributed by atoms with E-state index in [-0.39, 0.29) is 4.90 Å². The molecule has 0 saturated heterocycles. The van der Waals surface area contributed by atoms with Gasteiger partial charge in [-0.2, -0.15) is 5.10 Å². The first-order chi connectivity index (χ1) is 10.9. The fraction of sp³-hybridized carbons (Fsp3) is 0.471. The number of aryl methyl sites for hydroxylation is 3. The number of anilines is 1. The van der Waals surface area contributed by atoms with Crippen molar-refractivity contribution in [2.75, 3.05) is 4.72 Å². The minimum absolute atomic E-state index is 0.269. The molecule has 1 aromatic heterocycles. The third-order valence-electron chi connectivity index (χ3n) is 4.50. The number of hydrogen-bond donors (Lipinski definition) is 1. The van der Waals surface area contributed by atoms with Crippen LogP contribution in [0.2, 0.25) is 0 Å². The average molecular weight is 333 g/mol. The van der Waals surface area contributed by atoms with Gasteiger partial charge in [0.25, 0.3) is 10.0 Å². The van der Waals surface area contributed by atoms with Crippen LogP contribution in [-0.2, 0) is 10.0 Å². The van der Waals surface area contributed by atoms with Gasteiger partial charge in [0.15, 0.2) is 0 Å². The largest absolute Gasteiger partial charge is 0.279 e. The standard InChI is InChI=1S/C17H23N3O2S/c1-12-8-9-13(2)16(10-12)19-23(21,22)17-11-20(18-14(17)3)15-6-4-5-7-15/h8-11,15,19H,4-7H2,1-3H3. The molecule has 1 heterocycles. The van der Waals surface area contributed by atoms with Crippen LogP contribution >= 0.6 is 0 Å². The van der Waals surface area contributed by atoms with Crippen molar-refractivity contribution in [2.24, 2.45) is 0 Å².